The molecule has 9 heteroatoms. The van der Waals surface area contributed by atoms with Crippen molar-refractivity contribution in [3.63, 3.8) is 0 Å². The molecule has 3 N–H and O–H groups in total. The molecule has 2 aromatic rings. The molecule has 0 atom stereocenters. The number of anilines is 1. The van der Waals surface area contributed by atoms with Crippen LogP contribution in [0.2, 0.25) is 0 Å². The van der Waals surface area contributed by atoms with Gasteiger partial charge in [-0.2, -0.15) is 0 Å². The maximum Gasteiger partial charge on any atom is 0.294 e. The van der Waals surface area contributed by atoms with E-state index in [0.717, 1.165) is 0 Å². The Morgan fingerprint density at radius 2 is 2.00 bits per heavy atom. The van der Waals surface area contributed by atoms with Crippen LogP contribution in [-0.4, -0.2) is 15.9 Å². The van der Waals surface area contributed by atoms with Crippen molar-refractivity contribution in [2.45, 2.75) is 0 Å². The SMILES string of the molecule is O=C(NC(=S)NNc1ccccc1[N+](=O)[O-])c1ccco1. The summed E-state index contributed by atoms with van der Waals surface area (Å²) in [7, 11) is 0. The number of hydrogen-bond acceptors (Lipinski definition) is 6. The van der Waals surface area contributed by atoms with Crippen LogP contribution < -0.4 is 16.2 Å². The normalized spacial score (nSPS) is 9.71. The van der Waals surface area contributed by atoms with Gasteiger partial charge in [-0.25, -0.2) is 0 Å². The lowest BCUT2D eigenvalue weighted by Gasteiger charge is -2.11. The maximum absolute atomic E-state index is 11.6. The van der Waals surface area contributed by atoms with Gasteiger partial charge in [-0.15, -0.1) is 0 Å². The Morgan fingerprint density at radius 3 is 2.67 bits per heavy atom. The van der Waals surface area contributed by atoms with Crippen molar-refractivity contribution in [2.75, 3.05) is 5.43 Å². The van der Waals surface area contributed by atoms with Crippen LogP contribution in [0.1, 0.15) is 10.6 Å². The molecule has 0 unspecified atom stereocenters. The molecule has 2 rings (SSSR count). The van der Waals surface area contributed by atoms with Gasteiger partial charge in [0.1, 0.15) is 5.69 Å². The van der Waals surface area contributed by atoms with Crippen molar-refractivity contribution in [2.24, 2.45) is 0 Å². The molecule has 1 heterocycles. The monoisotopic (exact) mass is 306 g/mol. The van der Waals surface area contributed by atoms with Gasteiger partial charge in [-0.3, -0.25) is 31.1 Å². The van der Waals surface area contributed by atoms with E-state index >= 15 is 0 Å². The summed E-state index contributed by atoms with van der Waals surface area (Å²) >= 11 is 4.90. The predicted octanol–water partition coefficient (Wildman–Crippen LogP) is 1.82. The van der Waals surface area contributed by atoms with Crippen molar-refractivity contribution in [1.29, 1.82) is 0 Å². The van der Waals surface area contributed by atoms with E-state index in [0.29, 0.717) is 0 Å². The molecule has 8 nitrogen and oxygen atoms in total. The zero-order chi connectivity index (χ0) is 15.2. The third-order valence-electron chi connectivity index (χ3n) is 2.38. The minimum absolute atomic E-state index is 0.0467. The van der Waals surface area contributed by atoms with E-state index < -0.39 is 10.8 Å². The van der Waals surface area contributed by atoms with E-state index in [4.69, 9.17) is 16.6 Å². The predicted molar refractivity (Wildman–Crippen MR) is 78.6 cm³/mol. The molecule has 0 aliphatic heterocycles. The van der Waals surface area contributed by atoms with Crippen molar-refractivity contribution in [3.8, 4) is 0 Å². The molecule has 21 heavy (non-hydrogen) atoms. The Morgan fingerprint density at radius 1 is 1.24 bits per heavy atom. The number of nitrogens with one attached hydrogen (secondary N) is 3. The lowest BCUT2D eigenvalue weighted by Crippen LogP contribution is -2.41. The Balaban J connectivity index is 1.93. The molecule has 0 saturated heterocycles. The van der Waals surface area contributed by atoms with Crippen LogP contribution in [0.4, 0.5) is 11.4 Å². The van der Waals surface area contributed by atoms with E-state index in [1.54, 1.807) is 18.2 Å². The van der Waals surface area contributed by atoms with Gasteiger partial charge in [0.2, 0.25) is 0 Å². The largest absolute Gasteiger partial charge is 0.459 e. The van der Waals surface area contributed by atoms with Crippen molar-refractivity contribution < 1.29 is 14.1 Å². The first kappa shape index (κ1) is 14.5. The third kappa shape index (κ3) is 3.76. The fourth-order valence-electron chi connectivity index (χ4n) is 1.47. The molecular formula is C12H10N4O4S. The van der Waals surface area contributed by atoms with Gasteiger partial charge in [-0.05, 0) is 30.4 Å². The van der Waals surface area contributed by atoms with Crippen LogP contribution in [0.5, 0.6) is 0 Å². The number of carbonyl (C=O) groups is 1. The fraction of sp³-hybridized carbons (Fsp3) is 0. The lowest BCUT2D eigenvalue weighted by atomic mass is 10.3. The number of nitro benzene ring substituents is 1. The molecule has 1 amide bonds. The lowest BCUT2D eigenvalue weighted by molar-refractivity contribution is -0.384. The number of para-hydroxylation sites is 2. The summed E-state index contributed by atoms with van der Waals surface area (Å²) in [5.41, 5.74) is 5.16. The number of carbonyl (C=O) groups excluding carboxylic acids is 1. The molecule has 0 aliphatic rings. The number of benzene rings is 1. The summed E-state index contributed by atoms with van der Waals surface area (Å²) in [5.74, 6) is -0.424. The number of amides is 1. The summed E-state index contributed by atoms with van der Waals surface area (Å²) in [6.07, 6.45) is 1.36. The molecule has 0 saturated carbocycles. The maximum atomic E-state index is 11.6. The summed E-state index contributed by atoms with van der Waals surface area (Å²) in [4.78, 5) is 21.9. The van der Waals surface area contributed by atoms with Gasteiger partial charge in [0.15, 0.2) is 10.9 Å². The smallest absolute Gasteiger partial charge is 0.294 e. The molecule has 0 fully saturated rings. The first-order chi connectivity index (χ1) is 10.1. The zero-order valence-electron chi connectivity index (χ0n) is 10.5. The van der Waals surface area contributed by atoms with Crippen LogP contribution in [0.15, 0.2) is 47.1 Å². The Bertz CT molecular complexity index is 672. The summed E-state index contributed by atoms with van der Waals surface area (Å²) in [6, 6.07) is 9.06. The molecular weight excluding hydrogens is 296 g/mol. The van der Waals surface area contributed by atoms with Gasteiger partial charge in [0.05, 0.1) is 11.2 Å². The average molecular weight is 306 g/mol. The van der Waals surface area contributed by atoms with E-state index in [1.807, 2.05) is 0 Å². The molecule has 0 spiro atoms. The van der Waals surface area contributed by atoms with Crippen LogP contribution in [-0.2, 0) is 0 Å². The van der Waals surface area contributed by atoms with Gasteiger partial charge >= 0.3 is 0 Å². The van der Waals surface area contributed by atoms with E-state index in [9.17, 15) is 14.9 Å². The second-order valence-electron chi connectivity index (χ2n) is 3.78. The number of hydrogen-bond donors (Lipinski definition) is 3. The molecule has 108 valence electrons. The van der Waals surface area contributed by atoms with Crippen LogP contribution in [0.25, 0.3) is 0 Å². The van der Waals surface area contributed by atoms with Crippen molar-refractivity contribution in [3.05, 3.63) is 58.5 Å². The standard InChI is InChI=1S/C12H10N4O4S/c17-11(10-6-3-7-20-10)13-12(21)15-14-8-4-1-2-5-9(8)16(18)19/h1-7,14H,(H2,13,15,17,21). The van der Waals surface area contributed by atoms with Gasteiger partial charge in [0.25, 0.3) is 11.6 Å². The van der Waals surface area contributed by atoms with Crippen molar-refractivity contribution >= 4 is 34.6 Å². The highest BCUT2D eigenvalue weighted by atomic mass is 32.1. The number of thiocarbonyl (C=S) groups is 1. The first-order valence-electron chi connectivity index (χ1n) is 5.72. The van der Waals surface area contributed by atoms with Gasteiger partial charge < -0.3 is 4.42 Å². The highest BCUT2D eigenvalue weighted by Gasteiger charge is 2.13. The number of nitrogens with zero attached hydrogens (tertiary/aromatic N) is 1. The fourth-order valence-corrected chi connectivity index (χ4v) is 1.61. The van der Waals surface area contributed by atoms with Gasteiger partial charge in [-0.1, -0.05) is 12.1 Å². The van der Waals surface area contributed by atoms with E-state index in [-0.39, 0.29) is 22.2 Å². The second-order valence-corrected chi connectivity index (χ2v) is 4.19. The highest BCUT2D eigenvalue weighted by molar-refractivity contribution is 7.80. The molecule has 0 aliphatic carbocycles. The minimum atomic E-state index is -0.533. The van der Waals surface area contributed by atoms with Crippen LogP contribution >= 0.6 is 12.2 Å². The summed E-state index contributed by atoms with van der Waals surface area (Å²) < 4.78 is 4.90. The highest BCUT2D eigenvalue weighted by Crippen LogP contribution is 2.21. The second kappa shape index (κ2) is 6.48. The quantitative estimate of drug-likeness (QED) is 0.449. The Hall–Kier alpha value is -2.94. The zero-order valence-corrected chi connectivity index (χ0v) is 11.3. The average Bonchev–Trinajstić information content (AvgIpc) is 2.99. The minimum Gasteiger partial charge on any atom is -0.459 e. The molecule has 0 bridgehead atoms. The Labute approximate surface area is 124 Å². The number of hydrazine groups is 1. The summed E-state index contributed by atoms with van der Waals surface area (Å²) in [5, 5.41) is 13.1. The number of nitro groups is 1. The third-order valence-corrected chi connectivity index (χ3v) is 2.59. The molecule has 1 aromatic carbocycles. The van der Waals surface area contributed by atoms with Gasteiger partial charge in [0, 0.05) is 6.07 Å². The summed E-state index contributed by atoms with van der Waals surface area (Å²) in [6.45, 7) is 0. The molecule has 0 radical (unpaired) electrons. The topological polar surface area (TPSA) is 109 Å². The number of furan rings is 1. The molecule has 1 aromatic heterocycles. The Kier molecular flexibility index (Phi) is 4.46. The van der Waals surface area contributed by atoms with E-state index in [1.165, 1.54) is 24.5 Å². The van der Waals surface area contributed by atoms with Crippen LogP contribution in [0, 0.1) is 10.1 Å². The van der Waals surface area contributed by atoms with Crippen LogP contribution in [0.3, 0.4) is 0 Å². The van der Waals surface area contributed by atoms with E-state index in [2.05, 4.69) is 16.2 Å². The number of rotatable bonds is 4. The first-order valence-corrected chi connectivity index (χ1v) is 6.13. The van der Waals surface area contributed by atoms with Crippen molar-refractivity contribution in [1.82, 2.24) is 10.7 Å².